The van der Waals surface area contributed by atoms with Gasteiger partial charge >= 0.3 is 0 Å². The van der Waals surface area contributed by atoms with E-state index >= 15 is 0 Å². The highest BCUT2D eigenvalue weighted by atomic mass is 32.2. The number of ether oxygens (including phenoxy) is 2. The summed E-state index contributed by atoms with van der Waals surface area (Å²) in [4.78, 5) is 1.88. The Morgan fingerprint density at radius 2 is 1.59 bits per heavy atom. The van der Waals surface area contributed by atoms with Gasteiger partial charge in [0.05, 0.1) is 24.8 Å². The first-order valence-electron chi connectivity index (χ1n) is 10.00. The van der Waals surface area contributed by atoms with E-state index in [2.05, 4.69) is 10.2 Å². The van der Waals surface area contributed by atoms with Crippen LogP contribution in [0.2, 0.25) is 0 Å². The van der Waals surface area contributed by atoms with Crippen LogP contribution in [0.15, 0.2) is 59.5 Å². The highest BCUT2D eigenvalue weighted by Crippen LogP contribution is 2.29. The maximum absolute atomic E-state index is 14.0. The lowest BCUT2D eigenvalue weighted by Crippen LogP contribution is -2.49. The van der Waals surface area contributed by atoms with Gasteiger partial charge in [0.25, 0.3) is 0 Å². The molecule has 0 N–H and O–H groups in total. The van der Waals surface area contributed by atoms with Crippen molar-refractivity contribution in [3.63, 3.8) is 0 Å². The van der Waals surface area contributed by atoms with E-state index in [0.717, 1.165) is 11.6 Å². The summed E-state index contributed by atoms with van der Waals surface area (Å²) in [5, 5.41) is 8.64. The Bertz CT molecular complexity index is 1200. The first kappa shape index (κ1) is 22.0. The van der Waals surface area contributed by atoms with Gasteiger partial charge in [-0.15, -0.1) is 10.2 Å². The van der Waals surface area contributed by atoms with Gasteiger partial charge in [-0.3, -0.25) is 0 Å². The van der Waals surface area contributed by atoms with E-state index in [0.29, 0.717) is 30.4 Å². The molecule has 32 heavy (non-hydrogen) atoms. The third-order valence-electron chi connectivity index (χ3n) is 5.36. The van der Waals surface area contributed by atoms with Gasteiger partial charge in [-0.25, -0.2) is 12.8 Å². The van der Waals surface area contributed by atoms with E-state index in [9.17, 15) is 12.8 Å². The minimum atomic E-state index is -3.80. The summed E-state index contributed by atoms with van der Waals surface area (Å²) in [6.45, 7) is 1.40. The summed E-state index contributed by atoms with van der Waals surface area (Å²) in [7, 11) is -0.868. The van der Waals surface area contributed by atoms with E-state index in [1.165, 1.54) is 23.5 Å². The van der Waals surface area contributed by atoms with Crippen LogP contribution in [-0.2, 0) is 10.0 Å². The second-order valence-electron chi connectivity index (χ2n) is 7.16. The number of rotatable bonds is 6. The molecule has 0 radical (unpaired) electrons. The van der Waals surface area contributed by atoms with Crippen molar-refractivity contribution in [2.75, 3.05) is 45.3 Å². The maximum atomic E-state index is 14.0. The van der Waals surface area contributed by atoms with Crippen LogP contribution in [0.5, 0.6) is 11.5 Å². The Kier molecular flexibility index (Phi) is 6.24. The fraction of sp³-hybridized carbons (Fsp3) is 0.273. The fourth-order valence-corrected chi connectivity index (χ4v) is 5.04. The molecule has 8 nitrogen and oxygen atoms in total. The highest BCUT2D eigenvalue weighted by molar-refractivity contribution is 7.89. The zero-order valence-corrected chi connectivity index (χ0v) is 18.5. The first-order chi connectivity index (χ1) is 15.4. The number of piperazine rings is 1. The number of hydrogen-bond acceptors (Lipinski definition) is 7. The minimum Gasteiger partial charge on any atom is -0.496 e. The number of anilines is 1. The predicted molar refractivity (Wildman–Crippen MR) is 118 cm³/mol. The standard InChI is InChI=1S/C22H23FN4O4S/c1-30-20-6-4-3-5-17(20)19-8-10-22(25-24-19)26-11-13-27(14-12-26)32(28,29)16-7-9-21(31-2)18(23)15-16/h3-10,15H,11-14H2,1-2H3. The molecule has 1 aliphatic rings. The number of nitrogens with zero attached hydrogens (tertiary/aromatic N) is 4. The second-order valence-corrected chi connectivity index (χ2v) is 9.10. The van der Waals surface area contributed by atoms with Crippen LogP contribution in [-0.4, -0.2) is 63.3 Å². The Morgan fingerprint density at radius 1 is 0.875 bits per heavy atom. The lowest BCUT2D eigenvalue weighted by Gasteiger charge is -2.34. The van der Waals surface area contributed by atoms with Gasteiger partial charge in [0, 0.05) is 31.7 Å². The SMILES string of the molecule is COc1ccc(S(=O)(=O)N2CCN(c3ccc(-c4ccccc4OC)nn3)CC2)cc1F. The number of hydrogen-bond donors (Lipinski definition) is 0. The molecular weight excluding hydrogens is 435 g/mol. The Balaban J connectivity index is 1.45. The van der Waals surface area contributed by atoms with Crippen LogP contribution in [0.25, 0.3) is 11.3 Å². The largest absolute Gasteiger partial charge is 0.496 e. The summed E-state index contributed by atoms with van der Waals surface area (Å²) < 4.78 is 51.4. The van der Waals surface area contributed by atoms with Crippen molar-refractivity contribution in [2.24, 2.45) is 0 Å². The van der Waals surface area contributed by atoms with Crippen LogP contribution in [0, 0.1) is 5.82 Å². The van der Waals surface area contributed by atoms with Gasteiger partial charge in [-0.1, -0.05) is 12.1 Å². The number of para-hydroxylation sites is 1. The molecule has 1 saturated heterocycles. The Labute approximate surface area is 186 Å². The topological polar surface area (TPSA) is 84.9 Å². The van der Waals surface area contributed by atoms with Gasteiger partial charge in [-0.05, 0) is 42.5 Å². The molecule has 168 valence electrons. The molecular formula is C22H23FN4O4S. The summed E-state index contributed by atoms with van der Waals surface area (Å²) in [5.74, 6) is 0.668. The third-order valence-corrected chi connectivity index (χ3v) is 7.25. The van der Waals surface area contributed by atoms with Crippen molar-refractivity contribution < 1.29 is 22.3 Å². The highest BCUT2D eigenvalue weighted by Gasteiger charge is 2.29. The van der Waals surface area contributed by atoms with Crippen LogP contribution in [0.3, 0.4) is 0 Å². The molecule has 1 fully saturated rings. The van der Waals surface area contributed by atoms with E-state index < -0.39 is 15.8 Å². The molecule has 10 heteroatoms. The van der Waals surface area contributed by atoms with Crippen molar-refractivity contribution in [3.8, 4) is 22.8 Å². The normalized spacial score (nSPS) is 14.9. The van der Waals surface area contributed by atoms with Gasteiger partial charge in [0.1, 0.15) is 5.75 Å². The quantitative estimate of drug-likeness (QED) is 0.562. The maximum Gasteiger partial charge on any atom is 0.243 e. The lowest BCUT2D eigenvalue weighted by molar-refractivity contribution is 0.379. The number of sulfonamides is 1. The van der Waals surface area contributed by atoms with E-state index in [1.807, 2.05) is 41.3 Å². The van der Waals surface area contributed by atoms with Crippen LogP contribution < -0.4 is 14.4 Å². The smallest absolute Gasteiger partial charge is 0.243 e. The Hall–Kier alpha value is -3.24. The number of methoxy groups -OCH3 is 2. The summed E-state index contributed by atoms with van der Waals surface area (Å²) in [6, 6.07) is 14.9. The molecule has 0 spiro atoms. The molecule has 0 atom stereocenters. The molecule has 0 amide bonds. The molecule has 2 heterocycles. The van der Waals surface area contributed by atoms with Crippen molar-refractivity contribution in [2.45, 2.75) is 4.90 Å². The minimum absolute atomic E-state index is 0.00362. The zero-order valence-electron chi connectivity index (χ0n) is 17.7. The second kappa shape index (κ2) is 9.09. The van der Waals surface area contributed by atoms with E-state index in [4.69, 9.17) is 9.47 Å². The lowest BCUT2D eigenvalue weighted by atomic mass is 10.1. The molecule has 0 aliphatic carbocycles. The van der Waals surface area contributed by atoms with E-state index in [-0.39, 0.29) is 23.7 Å². The van der Waals surface area contributed by atoms with Gasteiger partial charge in [-0.2, -0.15) is 4.31 Å². The fourth-order valence-electron chi connectivity index (χ4n) is 3.61. The molecule has 4 rings (SSSR count). The summed E-state index contributed by atoms with van der Waals surface area (Å²) >= 11 is 0. The summed E-state index contributed by atoms with van der Waals surface area (Å²) in [6.07, 6.45) is 0. The molecule has 0 saturated carbocycles. The van der Waals surface area contributed by atoms with Crippen LogP contribution in [0.4, 0.5) is 10.2 Å². The average Bonchev–Trinajstić information content (AvgIpc) is 2.84. The molecule has 0 unspecified atom stereocenters. The number of aromatic nitrogens is 2. The monoisotopic (exact) mass is 458 g/mol. The summed E-state index contributed by atoms with van der Waals surface area (Å²) in [5.41, 5.74) is 1.53. The van der Waals surface area contributed by atoms with Crippen LogP contribution in [0.1, 0.15) is 0 Å². The van der Waals surface area contributed by atoms with Crippen LogP contribution >= 0.6 is 0 Å². The number of halogens is 1. The predicted octanol–water partition coefficient (Wildman–Crippen LogP) is 2.81. The third kappa shape index (κ3) is 4.23. The molecule has 1 aromatic heterocycles. The Morgan fingerprint density at radius 3 is 2.22 bits per heavy atom. The van der Waals surface area contributed by atoms with Gasteiger partial charge in [0.15, 0.2) is 17.4 Å². The average molecular weight is 459 g/mol. The molecule has 1 aliphatic heterocycles. The van der Waals surface area contributed by atoms with Crippen molar-refractivity contribution in [1.29, 1.82) is 0 Å². The van der Waals surface area contributed by atoms with Crippen molar-refractivity contribution in [3.05, 3.63) is 60.4 Å². The van der Waals surface area contributed by atoms with Crippen molar-refractivity contribution in [1.82, 2.24) is 14.5 Å². The van der Waals surface area contributed by atoms with E-state index in [1.54, 1.807) is 7.11 Å². The molecule has 3 aromatic rings. The molecule has 2 aromatic carbocycles. The zero-order chi connectivity index (χ0) is 22.7. The van der Waals surface area contributed by atoms with Gasteiger partial charge in [0.2, 0.25) is 10.0 Å². The van der Waals surface area contributed by atoms with Gasteiger partial charge < -0.3 is 14.4 Å². The molecule has 0 bridgehead atoms. The van der Waals surface area contributed by atoms with Crippen molar-refractivity contribution >= 4 is 15.8 Å². The first-order valence-corrected chi connectivity index (χ1v) is 11.4. The number of benzene rings is 2.